The topological polar surface area (TPSA) is 48.3 Å². The van der Waals surface area contributed by atoms with Crippen molar-refractivity contribution < 1.29 is 27.5 Å². The summed E-state index contributed by atoms with van der Waals surface area (Å²) in [6.45, 7) is 3.24. The lowest BCUT2D eigenvalue weighted by Gasteiger charge is -2.09. The summed E-state index contributed by atoms with van der Waals surface area (Å²) in [4.78, 5) is 24.4. The van der Waals surface area contributed by atoms with Gasteiger partial charge >= 0.3 is 12.1 Å². The van der Waals surface area contributed by atoms with Crippen molar-refractivity contribution in [3.8, 4) is 0 Å². The Hall–Kier alpha value is -2.57. The number of ketones is 1. The van der Waals surface area contributed by atoms with Gasteiger partial charge in [0.2, 0.25) is 5.78 Å². The summed E-state index contributed by atoms with van der Waals surface area (Å²) in [7, 11) is 0. The van der Waals surface area contributed by atoms with Crippen molar-refractivity contribution in [3.05, 3.63) is 58.4 Å². The number of carbonyl (C=O) groups is 2. The Morgan fingerprint density at radius 2 is 1.88 bits per heavy atom. The molecule has 0 N–H and O–H groups in total. The first-order valence-electron chi connectivity index (χ1n) is 8.24. The summed E-state index contributed by atoms with van der Waals surface area (Å²) in [5.74, 6) is -1.33. The van der Waals surface area contributed by atoms with Crippen LogP contribution in [0, 0.1) is 13.8 Å². The van der Waals surface area contributed by atoms with Crippen LogP contribution in [0.3, 0.4) is 0 Å². The summed E-state index contributed by atoms with van der Waals surface area (Å²) in [5.41, 5.74) is 1.09. The van der Waals surface area contributed by atoms with Gasteiger partial charge in [-0.3, -0.25) is 4.79 Å². The van der Waals surface area contributed by atoms with Gasteiger partial charge in [-0.15, -0.1) is 0 Å². The molecular weight excluding hydrogens is 347 g/mol. The van der Waals surface area contributed by atoms with Gasteiger partial charge in [0.25, 0.3) is 0 Å². The van der Waals surface area contributed by atoms with Crippen LogP contribution in [0.1, 0.15) is 56.6 Å². The first-order valence-corrected chi connectivity index (χ1v) is 8.24. The van der Waals surface area contributed by atoms with E-state index in [1.807, 2.05) is 13.8 Å². The van der Waals surface area contributed by atoms with Gasteiger partial charge in [-0.2, -0.15) is 13.2 Å². The van der Waals surface area contributed by atoms with E-state index in [1.165, 1.54) is 6.07 Å². The van der Waals surface area contributed by atoms with Gasteiger partial charge in [-0.05, 0) is 51.0 Å². The third-order valence-corrected chi connectivity index (χ3v) is 4.46. The van der Waals surface area contributed by atoms with Crippen LogP contribution in [0.2, 0.25) is 0 Å². The molecule has 1 aliphatic carbocycles. The van der Waals surface area contributed by atoms with E-state index in [1.54, 1.807) is 6.07 Å². The number of nitrogens with zero attached hydrogens (tertiary/aromatic N) is 1. The average molecular weight is 365 g/mol. The maximum Gasteiger partial charge on any atom is 0.416 e. The van der Waals surface area contributed by atoms with Crippen LogP contribution >= 0.6 is 0 Å². The molecule has 1 aromatic heterocycles. The van der Waals surface area contributed by atoms with Crippen molar-refractivity contribution in [2.75, 3.05) is 6.61 Å². The summed E-state index contributed by atoms with van der Waals surface area (Å²) in [6.07, 6.45) is -2.39. The zero-order valence-corrected chi connectivity index (χ0v) is 14.4. The molecule has 0 aliphatic heterocycles. The fourth-order valence-electron chi connectivity index (χ4n) is 3.07. The van der Waals surface area contributed by atoms with Crippen LogP contribution in [0.5, 0.6) is 0 Å². The molecular formula is C19H18F3NO3. The molecule has 0 spiro atoms. The van der Waals surface area contributed by atoms with Crippen molar-refractivity contribution >= 4 is 11.8 Å². The molecule has 7 heteroatoms. The predicted molar refractivity (Wildman–Crippen MR) is 88.2 cm³/mol. The minimum absolute atomic E-state index is 0.240. The van der Waals surface area contributed by atoms with Gasteiger partial charge in [-0.25, -0.2) is 4.79 Å². The molecule has 4 nitrogen and oxygen atoms in total. The average Bonchev–Trinajstić information content (AvgIpc) is 3.37. The second kappa shape index (κ2) is 6.63. The van der Waals surface area contributed by atoms with E-state index < -0.39 is 24.3 Å². The van der Waals surface area contributed by atoms with E-state index in [4.69, 9.17) is 4.74 Å². The largest absolute Gasteiger partial charge is 0.454 e. The number of benzene rings is 1. The molecule has 0 amide bonds. The fraction of sp³-hybridized carbons (Fsp3) is 0.368. The van der Waals surface area contributed by atoms with Crippen LogP contribution in [-0.2, 0) is 10.9 Å². The molecule has 26 heavy (non-hydrogen) atoms. The summed E-state index contributed by atoms with van der Waals surface area (Å²) in [6, 6.07) is 6.12. The van der Waals surface area contributed by atoms with Gasteiger partial charge in [0.1, 0.15) is 0 Å². The molecule has 0 atom stereocenters. The Labute approximate surface area is 148 Å². The third kappa shape index (κ3) is 3.66. The highest BCUT2D eigenvalue weighted by Crippen LogP contribution is 2.38. The summed E-state index contributed by atoms with van der Waals surface area (Å²) < 4.78 is 45.2. The summed E-state index contributed by atoms with van der Waals surface area (Å²) >= 11 is 0. The number of halogens is 3. The molecule has 1 aromatic carbocycles. The van der Waals surface area contributed by atoms with E-state index in [0.717, 1.165) is 36.4 Å². The molecule has 1 saturated carbocycles. The molecule has 2 aromatic rings. The monoisotopic (exact) mass is 365 g/mol. The number of aromatic nitrogens is 1. The Morgan fingerprint density at radius 3 is 2.50 bits per heavy atom. The van der Waals surface area contributed by atoms with Crippen molar-refractivity contribution in [1.82, 2.24) is 4.57 Å². The quantitative estimate of drug-likeness (QED) is 0.579. The lowest BCUT2D eigenvalue weighted by molar-refractivity contribution is -0.137. The van der Waals surface area contributed by atoms with Crippen LogP contribution in [0.15, 0.2) is 30.3 Å². The van der Waals surface area contributed by atoms with E-state index in [-0.39, 0.29) is 11.3 Å². The van der Waals surface area contributed by atoms with Crippen LogP contribution in [0.4, 0.5) is 13.2 Å². The Morgan fingerprint density at radius 1 is 1.19 bits per heavy atom. The highest BCUT2D eigenvalue weighted by molar-refractivity contribution is 6.00. The van der Waals surface area contributed by atoms with Crippen molar-refractivity contribution in [2.24, 2.45) is 0 Å². The first-order chi connectivity index (χ1) is 12.2. The lowest BCUT2D eigenvalue weighted by atomic mass is 10.1. The number of aryl methyl sites for hydroxylation is 1. The number of hydrogen-bond donors (Lipinski definition) is 0. The maximum atomic E-state index is 12.7. The predicted octanol–water partition coefficient (Wildman–Crippen LogP) is 4.50. The van der Waals surface area contributed by atoms with Crippen molar-refractivity contribution in [1.29, 1.82) is 0 Å². The standard InChI is InChI=1S/C19H18F3NO3/c1-11-8-16(12(2)23(11)15-6-7-15)17(24)10-26-18(25)13-4-3-5-14(9-13)19(20,21)22/h3-5,8-9,15H,6-7,10H2,1-2H3. The van der Waals surface area contributed by atoms with Gasteiger partial charge in [0, 0.05) is 23.0 Å². The van der Waals surface area contributed by atoms with Crippen LogP contribution < -0.4 is 0 Å². The number of Topliss-reactive ketones (excluding diaryl/α,β-unsaturated/α-hetero) is 1. The minimum atomic E-state index is -4.55. The maximum absolute atomic E-state index is 12.7. The minimum Gasteiger partial charge on any atom is -0.454 e. The highest BCUT2D eigenvalue weighted by atomic mass is 19.4. The number of ether oxygens (including phenoxy) is 1. The number of carbonyl (C=O) groups excluding carboxylic acids is 2. The van der Waals surface area contributed by atoms with E-state index in [2.05, 4.69) is 4.57 Å². The van der Waals surface area contributed by atoms with Crippen molar-refractivity contribution in [3.63, 3.8) is 0 Å². The second-order valence-electron chi connectivity index (χ2n) is 6.46. The molecule has 1 fully saturated rings. The normalized spacial score (nSPS) is 14.3. The lowest BCUT2D eigenvalue weighted by Crippen LogP contribution is -2.16. The molecule has 0 radical (unpaired) electrons. The first kappa shape index (κ1) is 18.2. The van der Waals surface area contributed by atoms with E-state index in [9.17, 15) is 22.8 Å². The van der Waals surface area contributed by atoms with E-state index in [0.29, 0.717) is 17.7 Å². The highest BCUT2D eigenvalue weighted by Gasteiger charge is 2.31. The zero-order chi connectivity index (χ0) is 19.1. The molecule has 0 bridgehead atoms. The Bertz CT molecular complexity index is 863. The second-order valence-corrected chi connectivity index (χ2v) is 6.46. The molecule has 1 heterocycles. The van der Waals surface area contributed by atoms with E-state index >= 15 is 0 Å². The van der Waals surface area contributed by atoms with Crippen molar-refractivity contribution in [2.45, 2.75) is 38.9 Å². The smallest absolute Gasteiger partial charge is 0.416 e. The SMILES string of the molecule is Cc1cc(C(=O)COC(=O)c2cccc(C(F)(F)F)c2)c(C)n1C1CC1. The Kier molecular flexibility index (Phi) is 4.64. The molecule has 1 aliphatic rings. The molecule has 0 unspecified atom stereocenters. The zero-order valence-electron chi connectivity index (χ0n) is 14.4. The van der Waals surface area contributed by atoms with Gasteiger partial charge < -0.3 is 9.30 Å². The fourth-order valence-corrected chi connectivity index (χ4v) is 3.07. The number of rotatable bonds is 5. The molecule has 0 saturated heterocycles. The number of esters is 1. The van der Waals surface area contributed by atoms with Crippen LogP contribution in [0.25, 0.3) is 0 Å². The summed E-state index contributed by atoms with van der Waals surface area (Å²) in [5, 5.41) is 0. The third-order valence-electron chi connectivity index (χ3n) is 4.46. The van der Waals surface area contributed by atoms with Gasteiger partial charge in [0.15, 0.2) is 6.61 Å². The number of alkyl halides is 3. The van der Waals surface area contributed by atoms with Gasteiger partial charge in [-0.1, -0.05) is 6.07 Å². The molecule has 138 valence electrons. The van der Waals surface area contributed by atoms with Gasteiger partial charge in [0.05, 0.1) is 11.1 Å². The number of hydrogen-bond acceptors (Lipinski definition) is 3. The Balaban J connectivity index is 1.68. The van der Waals surface area contributed by atoms with Crippen LogP contribution in [-0.4, -0.2) is 22.9 Å². The molecule has 3 rings (SSSR count).